The summed E-state index contributed by atoms with van der Waals surface area (Å²) >= 11 is 5.93. The van der Waals surface area contributed by atoms with E-state index in [0.717, 1.165) is 12.8 Å². The Morgan fingerprint density at radius 2 is 1.67 bits per heavy atom. The van der Waals surface area contributed by atoms with E-state index >= 15 is 0 Å². The third-order valence-electron chi connectivity index (χ3n) is 1.64. The van der Waals surface area contributed by atoms with E-state index < -0.39 is 0 Å². The minimum absolute atomic E-state index is 0.337. The second-order valence-corrected chi connectivity index (χ2v) is 3.44. The Balaban J connectivity index is 2.34. The summed E-state index contributed by atoms with van der Waals surface area (Å²) in [5.74, 6) is 0. The lowest BCUT2D eigenvalue weighted by molar-refractivity contribution is -0.0274. The van der Waals surface area contributed by atoms with Crippen molar-refractivity contribution in [1.82, 2.24) is 0 Å². The monoisotopic (exact) mass is 148 g/mol. The number of alkyl halides is 1. The molecule has 0 saturated carbocycles. The van der Waals surface area contributed by atoms with Gasteiger partial charge in [0.1, 0.15) is 0 Å². The van der Waals surface area contributed by atoms with Gasteiger partial charge < -0.3 is 4.74 Å². The van der Waals surface area contributed by atoms with Crippen LogP contribution < -0.4 is 0 Å². The predicted molar refractivity (Wildman–Crippen MR) is 38.9 cm³/mol. The molecule has 1 fully saturated rings. The van der Waals surface area contributed by atoms with Gasteiger partial charge in [-0.25, -0.2) is 0 Å². The number of rotatable bonds is 0. The highest BCUT2D eigenvalue weighted by molar-refractivity contribution is 6.20. The van der Waals surface area contributed by atoms with E-state index in [-0.39, 0.29) is 0 Å². The third-order valence-corrected chi connectivity index (χ3v) is 2.00. The Hall–Kier alpha value is 0.250. The lowest BCUT2D eigenvalue weighted by atomic mass is 10.1. The van der Waals surface area contributed by atoms with E-state index in [2.05, 4.69) is 13.8 Å². The van der Waals surface area contributed by atoms with Crippen LogP contribution in [0.3, 0.4) is 0 Å². The van der Waals surface area contributed by atoms with Gasteiger partial charge in [-0.15, -0.1) is 11.6 Å². The summed E-state index contributed by atoms with van der Waals surface area (Å²) in [6.07, 6.45) is 2.73. The molecule has 1 rings (SSSR count). The first-order chi connectivity index (χ1) is 4.18. The van der Waals surface area contributed by atoms with Crippen LogP contribution in [0.15, 0.2) is 0 Å². The van der Waals surface area contributed by atoms with Crippen LogP contribution >= 0.6 is 11.6 Å². The molecule has 1 nitrogen and oxygen atoms in total. The molecular weight excluding hydrogens is 136 g/mol. The number of halogens is 1. The first-order valence-corrected chi connectivity index (χ1v) is 3.91. The lowest BCUT2D eigenvalue weighted by Gasteiger charge is -2.28. The molecule has 2 atom stereocenters. The van der Waals surface area contributed by atoms with Gasteiger partial charge in [0.25, 0.3) is 0 Å². The van der Waals surface area contributed by atoms with Crippen LogP contribution in [0, 0.1) is 0 Å². The molecule has 0 amide bonds. The first kappa shape index (κ1) is 7.36. The minimum atomic E-state index is 0.337. The van der Waals surface area contributed by atoms with Gasteiger partial charge >= 0.3 is 0 Å². The number of ether oxygens (including phenoxy) is 1. The van der Waals surface area contributed by atoms with E-state index in [1.807, 2.05) is 0 Å². The summed E-state index contributed by atoms with van der Waals surface area (Å²) < 4.78 is 5.47. The Kier molecular flexibility index (Phi) is 2.36. The fourth-order valence-corrected chi connectivity index (χ4v) is 1.83. The molecule has 54 valence electrons. The Bertz CT molecular complexity index is 69.9. The Morgan fingerprint density at radius 3 is 2.00 bits per heavy atom. The zero-order valence-electron chi connectivity index (χ0n) is 5.93. The number of hydrogen-bond donors (Lipinski definition) is 0. The number of hydrogen-bond acceptors (Lipinski definition) is 1. The largest absolute Gasteiger partial charge is 0.375 e. The average Bonchev–Trinajstić information content (AvgIpc) is 1.59. The lowest BCUT2D eigenvalue weighted by Crippen LogP contribution is -2.29. The van der Waals surface area contributed by atoms with Crippen molar-refractivity contribution in [3.8, 4) is 0 Å². The summed E-state index contributed by atoms with van der Waals surface area (Å²) in [5, 5.41) is 0.337. The van der Waals surface area contributed by atoms with Crippen molar-refractivity contribution in [2.75, 3.05) is 0 Å². The summed E-state index contributed by atoms with van der Waals surface area (Å²) in [6, 6.07) is 0. The highest BCUT2D eigenvalue weighted by atomic mass is 35.5. The standard InChI is InChI=1S/C7H13ClO/c1-5-3-7(8)4-6(2)9-5/h5-7H,3-4H2,1-2H3. The van der Waals surface area contributed by atoms with Crippen LogP contribution in [0.4, 0.5) is 0 Å². The van der Waals surface area contributed by atoms with Crippen molar-refractivity contribution in [3.63, 3.8) is 0 Å². The van der Waals surface area contributed by atoms with Crippen LogP contribution in [0.25, 0.3) is 0 Å². The molecule has 1 saturated heterocycles. The molecule has 9 heavy (non-hydrogen) atoms. The zero-order valence-corrected chi connectivity index (χ0v) is 6.69. The fraction of sp³-hybridized carbons (Fsp3) is 1.00. The molecule has 1 aliphatic heterocycles. The van der Waals surface area contributed by atoms with Gasteiger partial charge in [0.15, 0.2) is 0 Å². The highest BCUT2D eigenvalue weighted by Gasteiger charge is 2.21. The van der Waals surface area contributed by atoms with Crippen LogP contribution in [-0.4, -0.2) is 17.6 Å². The smallest absolute Gasteiger partial charge is 0.0564 e. The van der Waals surface area contributed by atoms with Crippen molar-refractivity contribution >= 4 is 11.6 Å². The molecule has 0 aromatic heterocycles. The SMILES string of the molecule is CC1CC(Cl)CC(C)O1. The van der Waals surface area contributed by atoms with Gasteiger partial charge in [-0.2, -0.15) is 0 Å². The van der Waals surface area contributed by atoms with Crippen molar-refractivity contribution < 1.29 is 4.74 Å². The van der Waals surface area contributed by atoms with E-state index in [9.17, 15) is 0 Å². The Morgan fingerprint density at radius 1 is 1.22 bits per heavy atom. The fourth-order valence-electron chi connectivity index (χ4n) is 1.32. The molecule has 0 radical (unpaired) electrons. The maximum Gasteiger partial charge on any atom is 0.0564 e. The van der Waals surface area contributed by atoms with Crippen LogP contribution in [0.1, 0.15) is 26.7 Å². The summed E-state index contributed by atoms with van der Waals surface area (Å²) in [5.41, 5.74) is 0. The van der Waals surface area contributed by atoms with Crippen molar-refractivity contribution in [1.29, 1.82) is 0 Å². The molecule has 0 aromatic rings. The third kappa shape index (κ3) is 2.15. The second kappa shape index (κ2) is 2.89. The first-order valence-electron chi connectivity index (χ1n) is 3.48. The van der Waals surface area contributed by atoms with E-state index in [4.69, 9.17) is 16.3 Å². The molecule has 2 heteroatoms. The summed E-state index contributed by atoms with van der Waals surface area (Å²) in [6.45, 7) is 4.15. The van der Waals surface area contributed by atoms with Gasteiger partial charge in [0, 0.05) is 5.38 Å². The van der Waals surface area contributed by atoms with Gasteiger partial charge in [-0.05, 0) is 26.7 Å². The van der Waals surface area contributed by atoms with E-state index in [1.54, 1.807) is 0 Å². The van der Waals surface area contributed by atoms with Crippen molar-refractivity contribution in [2.45, 2.75) is 44.3 Å². The molecule has 1 heterocycles. The molecule has 0 N–H and O–H groups in total. The van der Waals surface area contributed by atoms with Gasteiger partial charge in [-0.3, -0.25) is 0 Å². The predicted octanol–water partition coefficient (Wildman–Crippen LogP) is 2.18. The highest BCUT2D eigenvalue weighted by Crippen LogP contribution is 2.22. The Labute approximate surface area is 61.3 Å². The van der Waals surface area contributed by atoms with E-state index in [0.29, 0.717) is 17.6 Å². The van der Waals surface area contributed by atoms with Crippen LogP contribution in [0.2, 0.25) is 0 Å². The maximum absolute atomic E-state index is 5.93. The van der Waals surface area contributed by atoms with Crippen molar-refractivity contribution in [3.05, 3.63) is 0 Å². The molecule has 0 aromatic carbocycles. The normalized spacial score (nSPS) is 45.0. The molecule has 0 spiro atoms. The van der Waals surface area contributed by atoms with Crippen molar-refractivity contribution in [2.24, 2.45) is 0 Å². The minimum Gasteiger partial charge on any atom is -0.375 e. The maximum atomic E-state index is 5.93. The van der Waals surface area contributed by atoms with Crippen LogP contribution in [0.5, 0.6) is 0 Å². The molecule has 0 bridgehead atoms. The molecule has 2 unspecified atom stereocenters. The molecule has 1 aliphatic rings. The van der Waals surface area contributed by atoms with Crippen LogP contribution in [-0.2, 0) is 4.74 Å². The second-order valence-electron chi connectivity index (χ2n) is 2.83. The molecule has 0 aliphatic carbocycles. The topological polar surface area (TPSA) is 9.23 Å². The van der Waals surface area contributed by atoms with Gasteiger partial charge in [0.2, 0.25) is 0 Å². The average molecular weight is 149 g/mol. The zero-order chi connectivity index (χ0) is 6.85. The molecular formula is C7H13ClO. The van der Waals surface area contributed by atoms with Gasteiger partial charge in [-0.1, -0.05) is 0 Å². The quantitative estimate of drug-likeness (QED) is 0.479. The van der Waals surface area contributed by atoms with E-state index in [1.165, 1.54) is 0 Å². The summed E-state index contributed by atoms with van der Waals surface area (Å²) in [4.78, 5) is 0. The van der Waals surface area contributed by atoms with Gasteiger partial charge in [0.05, 0.1) is 12.2 Å². The summed E-state index contributed by atoms with van der Waals surface area (Å²) in [7, 11) is 0.